The first-order valence-electron chi connectivity index (χ1n) is 11.7. The average molecular weight is 405 g/mol. The fourth-order valence-corrected chi connectivity index (χ4v) is 10.3. The normalized spacial score (nSPS) is 18.2. The highest BCUT2D eigenvalue weighted by Gasteiger charge is 2.46. The molecule has 2 aliphatic rings. The first-order valence-corrected chi connectivity index (χ1v) is 14.9. The molecule has 0 amide bonds. The van der Waals surface area contributed by atoms with Crippen LogP contribution in [-0.2, 0) is 10.8 Å². The predicted octanol–water partition coefficient (Wildman–Crippen LogP) is 8.59. The smallest absolute Gasteiger partial charge is 0.0635 e. The average Bonchev–Trinajstić information content (AvgIpc) is 3.26. The van der Waals surface area contributed by atoms with Gasteiger partial charge in [-0.15, -0.1) is 0 Å². The summed E-state index contributed by atoms with van der Waals surface area (Å²) < 4.78 is 0. The lowest BCUT2D eigenvalue weighted by Crippen LogP contribution is -2.39. The Labute approximate surface area is 180 Å². The Morgan fingerprint density at radius 1 is 0.690 bits per heavy atom. The van der Waals surface area contributed by atoms with Gasteiger partial charge in [0, 0.05) is 5.54 Å². The van der Waals surface area contributed by atoms with Crippen LogP contribution in [0, 0.1) is 0 Å². The molecule has 1 saturated carbocycles. The first kappa shape index (κ1) is 20.9. The Balaban J connectivity index is 1.93. The second kappa shape index (κ2) is 6.84. The monoisotopic (exact) mass is 404 g/mol. The molecule has 1 fully saturated rings. The van der Waals surface area contributed by atoms with E-state index >= 15 is 0 Å². The summed E-state index contributed by atoms with van der Waals surface area (Å²) in [6.45, 7) is 19.5. The number of rotatable bonds is 2. The van der Waals surface area contributed by atoms with Crippen molar-refractivity contribution in [3.63, 3.8) is 0 Å². The first-order chi connectivity index (χ1) is 13.4. The minimum absolute atomic E-state index is 0.198. The van der Waals surface area contributed by atoms with Crippen molar-refractivity contribution in [3.05, 3.63) is 58.7 Å². The summed E-state index contributed by atoms with van der Waals surface area (Å²) in [7, 11) is -1.50. The van der Waals surface area contributed by atoms with E-state index in [1.807, 2.05) is 0 Å². The quantitative estimate of drug-likeness (QED) is 0.440. The van der Waals surface area contributed by atoms with Gasteiger partial charge in [-0.1, -0.05) is 117 Å². The number of benzene rings is 2. The number of hydrogen-bond acceptors (Lipinski definition) is 0. The molecule has 0 aromatic heterocycles. The molecule has 2 aromatic rings. The molecule has 0 aliphatic heterocycles. The maximum atomic E-state index is 2.69. The van der Waals surface area contributed by atoms with E-state index in [9.17, 15) is 0 Å². The molecular weight excluding hydrogens is 364 g/mol. The molecule has 4 rings (SSSR count). The van der Waals surface area contributed by atoms with Crippen molar-refractivity contribution in [1.82, 2.24) is 0 Å². The summed E-state index contributed by atoms with van der Waals surface area (Å²) in [4.78, 5) is 0. The molecule has 0 spiro atoms. The summed E-state index contributed by atoms with van der Waals surface area (Å²) in [5.74, 6) is 0. The van der Waals surface area contributed by atoms with Crippen LogP contribution in [0.5, 0.6) is 0 Å². The third kappa shape index (κ3) is 3.54. The molecule has 2 aromatic carbocycles. The molecule has 0 heterocycles. The van der Waals surface area contributed by atoms with Crippen LogP contribution in [0.1, 0.15) is 95.0 Å². The molecule has 0 unspecified atom stereocenters. The summed E-state index contributed by atoms with van der Waals surface area (Å²) >= 11 is 0. The molecular formula is C28H40Si. The molecule has 0 nitrogen and oxygen atoms in total. The maximum Gasteiger partial charge on any atom is 0.0635 e. The highest BCUT2D eigenvalue weighted by molar-refractivity contribution is 6.81. The van der Waals surface area contributed by atoms with Crippen molar-refractivity contribution >= 4 is 8.07 Å². The topological polar surface area (TPSA) is 0 Å². The molecule has 0 N–H and O–H groups in total. The van der Waals surface area contributed by atoms with Crippen LogP contribution in [-0.4, -0.2) is 8.07 Å². The molecule has 1 heteroatoms. The molecule has 29 heavy (non-hydrogen) atoms. The highest BCUT2D eigenvalue weighted by Crippen LogP contribution is 2.55. The third-order valence-electron chi connectivity index (χ3n) is 7.90. The SMILES string of the molecule is CC(C)(C)c1ccc2c(c1)C([Si](C)(C)C1CCCC1)c1cc(C(C)(C)C)ccc1-2. The summed E-state index contributed by atoms with van der Waals surface area (Å²) in [5, 5.41) is 0. The van der Waals surface area contributed by atoms with Gasteiger partial charge in [-0.2, -0.15) is 0 Å². The highest BCUT2D eigenvalue weighted by atomic mass is 28.3. The number of hydrogen-bond donors (Lipinski definition) is 0. The minimum Gasteiger partial charge on any atom is -0.0684 e. The maximum absolute atomic E-state index is 2.69. The number of fused-ring (bicyclic) bond motifs is 3. The van der Waals surface area contributed by atoms with Crippen molar-refractivity contribution in [2.75, 3.05) is 0 Å². The van der Waals surface area contributed by atoms with E-state index in [0.717, 1.165) is 5.54 Å². The third-order valence-corrected chi connectivity index (χ3v) is 12.7. The van der Waals surface area contributed by atoms with Crippen molar-refractivity contribution < 1.29 is 0 Å². The molecule has 0 bridgehead atoms. The van der Waals surface area contributed by atoms with Crippen molar-refractivity contribution in [1.29, 1.82) is 0 Å². The van der Waals surface area contributed by atoms with Crippen LogP contribution in [0.3, 0.4) is 0 Å². The Kier molecular flexibility index (Phi) is 4.93. The van der Waals surface area contributed by atoms with Gasteiger partial charge in [-0.3, -0.25) is 0 Å². The lowest BCUT2D eigenvalue weighted by Gasteiger charge is -2.37. The van der Waals surface area contributed by atoms with E-state index < -0.39 is 8.07 Å². The lowest BCUT2D eigenvalue weighted by atomic mass is 9.85. The van der Waals surface area contributed by atoms with Gasteiger partial charge in [0.15, 0.2) is 0 Å². The van der Waals surface area contributed by atoms with Crippen LogP contribution in [0.4, 0.5) is 0 Å². The van der Waals surface area contributed by atoms with Crippen LogP contribution >= 0.6 is 0 Å². The zero-order chi connectivity index (χ0) is 21.2. The summed E-state index contributed by atoms with van der Waals surface area (Å²) in [6.07, 6.45) is 5.80. The van der Waals surface area contributed by atoms with E-state index in [1.54, 1.807) is 11.1 Å². The van der Waals surface area contributed by atoms with Gasteiger partial charge in [0.2, 0.25) is 0 Å². The Morgan fingerprint density at radius 2 is 1.10 bits per heavy atom. The van der Waals surface area contributed by atoms with E-state index in [0.29, 0.717) is 5.54 Å². The second-order valence-corrected chi connectivity index (χ2v) is 17.4. The second-order valence-electron chi connectivity index (χ2n) is 12.3. The van der Waals surface area contributed by atoms with Crippen LogP contribution < -0.4 is 0 Å². The molecule has 0 saturated heterocycles. The molecule has 0 radical (unpaired) electrons. The van der Waals surface area contributed by atoms with Crippen molar-refractivity contribution in [2.45, 2.75) is 102 Å². The van der Waals surface area contributed by atoms with Gasteiger partial charge in [0.05, 0.1) is 8.07 Å². The van der Waals surface area contributed by atoms with Crippen molar-refractivity contribution in [3.8, 4) is 11.1 Å². The Bertz CT molecular complexity index is 851. The van der Waals surface area contributed by atoms with E-state index in [-0.39, 0.29) is 10.8 Å². The fraction of sp³-hybridized carbons (Fsp3) is 0.571. The van der Waals surface area contributed by atoms with Gasteiger partial charge in [-0.05, 0) is 49.8 Å². The van der Waals surface area contributed by atoms with Gasteiger partial charge in [0.1, 0.15) is 0 Å². The van der Waals surface area contributed by atoms with E-state index in [1.165, 1.54) is 47.9 Å². The molecule has 2 aliphatic carbocycles. The fourth-order valence-electron chi connectivity index (χ4n) is 5.90. The van der Waals surface area contributed by atoms with Gasteiger partial charge >= 0.3 is 0 Å². The standard InChI is InChI=1S/C28H40Si/c1-27(2,3)19-13-15-22-23-16-14-20(28(4,5)6)18-25(23)26(24(22)17-19)29(7,8)21-11-9-10-12-21/h13-18,21,26H,9-12H2,1-8H3. The predicted molar refractivity (Wildman–Crippen MR) is 131 cm³/mol. The van der Waals surface area contributed by atoms with Gasteiger partial charge in [-0.25, -0.2) is 0 Å². The van der Waals surface area contributed by atoms with Crippen LogP contribution in [0.2, 0.25) is 18.6 Å². The summed E-state index contributed by atoms with van der Waals surface area (Å²) in [6, 6.07) is 14.8. The Hall–Kier alpha value is -1.34. The zero-order valence-electron chi connectivity index (χ0n) is 19.9. The van der Waals surface area contributed by atoms with Gasteiger partial charge < -0.3 is 0 Å². The lowest BCUT2D eigenvalue weighted by molar-refractivity contribution is 0.589. The van der Waals surface area contributed by atoms with Crippen LogP contribution in [0.25, 0.3) is 11.1 Å². The summed E-state index contributed by atoms with van der Waals surface area (Å²) in [5.41, 5.74) is 11.3. The van der Waals surface area contributed by atoms with E-state index in [2.05, 4.69) is 91.0 Å². The zero-order valence-corrected chi connectivity index (χ0v) is 20.9. The molecule has 0 atom stereocenters. The van der Waals surface area contributed by atoms with Crippen LogP contribution in [0.15, 0.2) is 36.4 Å². The molecule has 156 valence electrons. The largest absolute Gasteiger partial charge is 0.0684 e. The van der Waals surface area contributed by atoms with Crippen molar-refractivity contribution in [2.24, 2.45) is 0 Å². The minimum atomic E-state index is -1.50. The van der Waals surface area contributed by atoms with Gasteiger partial charge in [0.25, 0.3) is 0 Å². The Morgan fingerprint density at radius 3 is 1.48 bits per heavy atom. The van der Waals surface area contributed by atoms with E-state index in [4.69, 9.17) is 0 Å².